The highest BCUT2D eigenvalue weighted by Crippen LogP contribution is 2.39. The number of hydrogen-bond donors (Lipinski definition) is 0. The highest BCUT2D eigenvalue weighted by molar-refractivity contribution is 7.07. The molecule has 0 unspecified atom stereocenters. The lowest BCUT2D eigenvalue weighted by Gasteiger charge is -2.13. The van der Waals surface area contributed by atoms with Gasteiger partial charge in [0.25, 0.3) is 0 Å². The molecule has 0 atom stereocenters. The van der Waals surface area contributed by atoms with Gasteiger partial charge in [-0.3, -0.25) is 4.99 Å². The Balaban J connectivity index is 2.10. The molecular weight excluding hydrogens is 393 g/mol. The Morgan fingerprint density at radius 3 is 2.34 bits per heavy atom. The van der Waals surface area contributed by atoms with Gasteiger partial charge < -0.3 is 14.2 Å². The zero-order valence-electron chi connectivity index (χ0n) is 16.7. The molecule has 1 heterocycles. The number of aromatic nitrogens is 1. The minimum atomic E-state index is -0.285. The molecule has 0 radical (unpaired) electrons. The van der Waals surface area contributed by atoms with Crippen LogP contribution in [0, 0.1) is 5.82 Å². The van der Waals surface area contributed by atoms with Crippen LogP contribution >= 0.6 is 11.3 Å². The largest absolute Gasteiger partial charge is 0.493 e. The molecular formula is C21H22FN3O3S. The third-order valence-corrected chi connectivity index (χ3v) is 5.02. The van der Waals surface area contributed by atoms with Crippen LogP contribution in [0.1, 0.15) is 12.5 Å². The Labute approximate surface area is 172 Å². The quantitative estimate of drug-likeness (QED) is 0.544. The highest BCUT2D eigenvalue weighted by atomic mass is 32.1. The number of hydrogen-bond acceptors (Lipinski definition) is 6. The van der Waals surface area contributed by atoms with Crippen molar-refractivity contribution in [2.75, 3.05) is 27.9 Å². The smallest absolute Gasteiger partial charge is 0.206 e. The first kappa shape index (κ1) is 20.6. The molecule has 8 heteroatoms. The van der Waals surface area contributed by atoms with E-state index in [-0.39, 0.29) is 5.82 Å². The van der Waals surface area contributed by atoms with E-state index < -0.39 is 0 Å². The molecule has 0 spiro atoms. The lowest BCUT2D eigenvalue weighted by Crippen LogP contribution is -2.12. The van der Waals surface area contributed by atoms with Crippen LogP contribution in [0.25, 0.3) is 11.3 Å². The maximum Gasteiger partial charge on any atom is 0.206 e. The third-order valence-electron chi connectivity index (χ3n) is 4.17. The summed E-state index contributed by atoms with van der Waals surface area (Å²) in [5.74, 6) is 1.29. The Hall–Kier alpha value is -3.13. The maximum atomic E-state index is 13.3. The van der Waals surface area contributed by atoms with Crippen molar-refractivity contribution in [2.45, 2.75) is 6.92 Å². The van der Waals surface area contributed by atoms with Gasteiger partial charge in [-0.05, 0) is 43.3 Å². The van der Waals surface area contributed by atoms with E-state index in [4.69, 9.17) is 14.2 Å². The molecule has 0 fully saturated rings. The van der Waals surface area contributed by atoms with Crippen molar-refractivity contribution in [3.05, 3.63) is 58.0 Å². The first-order valence-electron chi connectivity index (χ1n) is 8.93. The molecule has 152 valence electrons. The van der Waals surface area contributed by atoms with Gasteiger partial charge in [0.1, 0.15) is 5.82 Å². The van der Waals surface area contributed by atoms with Crippen molar-refractivity contribution in [1.82, 2.24) is 4.68 Å². The molecule has 0 bridgehead atoms. The molecule has 0 saturated carbocycles. The second kappa shape index (κ2) is 9.38. The number of benzene rings is 2. The van der Waals surface area contributed by atoms with E-state index in [1.807, 2.05) is 18.4 Å². The maximum absolute atomic E-state index is 13.3. The molecule has 3 rings (SSSR count). The van der Waals surface area contributed by atoms with Gasteiger partial charge >= 0.3 is 0 Å². The van der Waals surface area contributed by atoms with Crippen molar-refractivity contribution < 1.29 is 18.6 Å². The fraction of sp³-hybridized carbons (Fsp3) is 0.238. The highest BCUT2D eigenvalue weighted by Gasteiger charge is 2.15. The minimum Gasteiger partial charge on any atom is -0.493 e. The zero-order chi connectivity index (χ0) is 20.8. The van der Waals surface area contributed by atoms with Gasteiger partial charge in [-0.15, -0.1) is 11.3 Å². The van der Waals surface area contributed by atoms with E-state index in [2.05, 4.69) is 10.1 Å². The lowest BCUT2D eigenvalue weighted by molar-refractivity contribution is 0.324. The molecule has 0 aliphatic heterocycles. The number of ether oxygens (including phenoxy) is 3. The van der Waals surface area contributed by atoms with E-state index in [1.165, 1.54) is 23.5 Å². The lowest BCUT2D eigenvalue weighted by atomic mass is 10.2. The number of methoxy groups -OCH3 is 3. The summed E-state index contributed by atoms with van der Waals surface area (Å²) in [4.78, 5) is 5.24. The van der Waals surface area contributed by atoms with Gasteiger partial charge in [0.05, 0.1) is 33.2 Å². The van der Waals surface area contributed by atoms with Crippen LogP contribution in [0.4, 0.5) is 4.39 Å². The van der Waals surface area contributed by atoms with Crippen molar-refractivity contribution >= 4 is 17.6 Å². The van der Waals surface area contributed by atoms with Gasteiger partial charge in [-0.25, -0.2) is 9.07 Å². The predicted molar refractivity (Wildman–Crippen MR) is 113 cm³/mol. The molecule has 2 aromatic carbocycles. The SMILES string of the molecule is CCN=c1scc(-c2ccc(F)cc2)n1/N=C\c1ccc(OC)c(OC)c1OC. The van der Waals surface area contributed by atoms with Crippen LogP contribution in [0.5, 0.6) is 17.2 Å². The van der Waals surface area contributed by atoms with Crippen LogP contribution < -0.4 is 19.0 Å². The molecule has 6 nitrogen and oxygen atoms in total. The average molecular weight is 415 g/mol. The van der Waals surface area contributed by atoms with E-state index in [9.17, 15) is 4.39 Å². The molecule has 0 saturated heterocycles. The van der Waals surface area contributed by atoms with E-state index >= 15 is 0 Å². The summed E-state index contributed by atoms with van der Waals surface area (Å²) < 4.78 is 31.3. The Morgan fingerprint density at radius 2 is 1.72 bits per heavy atom. The van der Waals surface area contributed by atoms with E-state index in [1.54, 1.807) is 50.4 Å². The Kier molecular flexibility index (Phi) is 6.66. The molecule has 29 heavy (non-hydrogen) atoms. The molecule has 0 aliphatic carbocycles. The van der Waals surface area contributed by atoms with Crippen molar-refractivity contribution in [3.8, 4) is 28.5 Å². The topological polar surface area (TPSA) is 57.3 Å². The first-order chi connectivity index (χ1) is 14.1. The average Bonchev–Trinajstić information content (AvgIpc) is 3.14. The number of rotatable bonds is 7. The predicted octanol–water partition coefficient (Wildman–Crippen LogP) is 4.18. The molecule has 0 N–H and O–H groups in total. The number of halogens is 1. The first-order valence-corrected chi connectivity index (χ1v) is 9.81. The van der Waals surface area contributed by atoms with Gasteiger partial charge in [0.15, 0.2) is 11.5 Å². The van der Waals surface area contributed by atoms with Crippen LogP contribution in [0.15, 0.2) is 51.9 Å². The second-order valence-electron chi connectivity index (χ2n) is 5.86. The van der Waals surface area contributed by atoms with Crippen LogP contribution in [-0.2, 0) is 0 Å². The normalized spacial score (nSPS) is 11.8. The van der Waals surface area contributed by atoms with Gasteiger partial charge in [0.2, 0.25) is 10.6 Å². The summed E-state index contributed by atoms with van der Waals surface area (Å²) in [6, 6.07) is 9.92. The van der Waals surface area contributed by atoms with Crippen molar-refractivity contribution in [1.29, 1.82) is 0 Å². The Morgan fingerprint density at radius 1 is 1.00 bits per heavy atom. The third kappa shape index (κ3) is 4.32. The zero-order valence-corrected chi connectivity index (χ0v) is 17.5. The summed E-state index contributed by atoms with van der Waals surface area (Å²) in [7, 11) is 4.69. The van der Waals surface area contributed by atoms with Crippen LogP contribution in [0.2, 0.25) is 0 Å². The molecule has 3 aromatic rings. The number of thiazole rings is 1. The standard InChI is InChI=1S/C21H22FN3O3S/c1-5-23-21-25(17(13-29-21)14-6-9-16(22)10-7-14)24-12-15-8-11-18(26-2)20(28-4)19(15)27-3/h6-13H,5H2,1-4H3/b23-21?,24-12-. The molecule has 1 aromatic heterocycles. The van der Waals surface area contributed by atoms with Crippen LogP contribution in [0.3, 0.4) is 0 Å². The second-order valence-corrected chi connectivity index (χ2v) is 6.70. The summed E-state index contributed by atoms with van der Waals surface area (Å²) in [6.45, 7) is 2.58. The fourth-order valence-corrected chi connectivity index (χ4v) is 3.72. The fourth-order valence-electron chi connectivity index (χ4n) is 2.82. The van der Waals surface area contributed by atoms with Gasteiger partial charge in [-0.2, -0.15) is 5.10 Å². The minimum absolute atomic E-state index is 0.285. The van der Waals surface area contributed by atoms with Crippen molar-refractivity contribution in [3.63, 3.8) is 0 Å². The molecule has 0 aliphatic rings. The van der Waals surface area contributed by atoms with Gasteiger partial charge in [0, 0.05) is 23.1 Å². The summed E-state index contributed by atoms with van der Waals surface area (Å²) in [5, 5.41) is 6.58. The van der Waals surface area contributed by atoms with Crippen LogP contribution in [-0.4, -0.2) is 38.8 Å². The number of nitrogens with zero attached hydrogens (tertiary/aromatic N) is 3. The van der Waals surface area contributed by atoms with Gasteiger partial charge in [-0.1, -0.05) is 0 Å². The summed E-state index contributed by atoms with van der Waals surface area (Å²) >= 11 is 1.47. The van der Waals surface area contributed by atoms with E-state index in [0.717, 1.165) is 21.6 Å². The molecule has 0 amide bonds. The van der Waals surface area contributed by atoms with Crippen molar-refractivity contribution in [2.24, 2.45) is 10.1 Å². The monoisotopic (exact) mass is 415 g/mol. The van der Waals surface area contributed by atoms with E-state index in [0.29, 0.717) is 23.8 Å². The summed E-state index contributed by atoms with van der Waals surface area (Å²) in [5.41, 5.74) is 2.38. The Bertz CT molecular complexity index is 1070. The summed E-state index contributed by atoms with van der Waals surface area (Å²) in [6.07, 6.45) is 1.68.